The molecule has 2 unspecified atom stereocenters. The first-order valence-corrected chi connectivity index (χ1v) is 6.71. The molecule has 1 nitrogen and oxygen atoms in total. The summed E-state index contributed by atoms with van der Waals surface area (Å²) >= 11 is 0. The van der Waals surface area contributed by atoms with Gasteiger partial charge in [-0.3, -0.25) is 0 Å². The van der Waals surface area contributed by atoms with E-state index in [0.29, 0.717) is 12.5 Å². The van der Waals surface area contributed by atoms with Crippen LogP contribution in [-0.4, -0.2) is 18.3 Å². The molecule has 0 saturated heterocycles. The molecular weight excluding hydrogens is 227 g/mol. The first-order valence-electron chi connectivity index (χ1n) is 6.71. The normalized spacial score (nSPS) is 21.7. The van der Waals surface area contributed by atoms with Crippen LogP contribution in [0.15, 0.2) is 0 Å². The molecule has 0 heterocycles. The van der Waals surface area contributed by atoms with Gasteiger partial charge >= 0.3 is 6.18 Å². The summed E-state index contributed by atoms with van der Waals surface area (Å²) in [6, 6.07) is 0.631. The van der Waals surface area contributed by atoms with Crippen LogP contribution in [0.2, 0.25) is 0 Å². The molecule has 0 radical (unpaired) electrons. The van der Waals surface area contributed by atoms with Crippen molar-refractivity contribution < 1.29 is 13.2 Å². The molecule has 0 aromatic carbocycles. The minimum atomic E-state index is -4.00. The zero-order chi connectivity index (χ0) is 12.9. The van der Waals surface area contributed by atoms with Crippen molar-refractivity contribution in [1.29, 1.82) is 0 Å². The maximum absolute atomic E-state index is 12.0. The highest BCUT2D eigenvalue weighted by molar-refractivity contribution is 4.79. The molecule has 4 heteroatoms. The summed E-state index contributed by atoms with van der Waals surface area (Å²) in [7, 11) is 0. The van der Waals surface area contributed by atoms with Crippen molar-refractivity contribution in [2.45, 2.75) is 77.1 Å². The minimum absolute atomic E-state index is 0.188. The zero-order valence-electron chi connectivity index (χ0n) is 10.8. The monoisotopic (exact) mass is 251 g/mol. The lowest BCUT2D eigenvalue weighted by molar-refractivity contribution is -0.135. The van der Waals surface area contributed by atoms with Crippen LogP contribution in [0.25, 0.3) is 0 Å². The van der Waals surface area contributed by atoms with Crippen LogP contribution in [0, 0.1) is 5.92 Å². The van der Waals surface area contributed by atoms with Gasteiger partial charge in [0.15, 0.2) is 0 Å². The Labute approximate surface area is 102 Å². The van der Waals surface area contributed by atoms with E-state index in [1.807, 2.05) is 6.92 Å². The number of hydrogen-bond donors (Lipinski definition) is 1. The molecule has 0 aromatic rings. The van der Waals surface area contributed by atoms with E-state index in [-0.39, 0.29) is 12.5 Å². The van der Waals surface area contributed by atoms with Gasteiger partial charge in [0, 0.05) is 18.5 Å². The molecule has 17 heavy (non-hydrogen) atoms. The van der Waals surface area contributed by atoms with Gasteiger partial charge in [-0.25, -0.2) is 0 Å². The van der Waals surface area contributed by atoms with Gasteiger partial charge in [-0.15, -0.1) is 0 Å². The highest BCUT2D eigenvalue weighted by Gasteiger charge is 2.27. The van der Waals surface area contributed by atoms with Crippen molar-refractivity contribution in [3.05, 3.63) is 0 Å². The Hall–Kier alpha value is -0.250. The number of alkyl halides is 3. The molecule has 1 rings (SSSR count). The highest BCUT2D eigenvalue weighted by atomic mass is 19.4. The first kappa shape index (κ1) is 14.8. The predicted octanol–water partition coefficient (Wildman–Crippen LogP) is 4.28. The molecule has 1 N–H and O–H groups in total. The van der Waals surface area contributed by atoms with E-state index in [4.69, 9.17) is 0 Å². The highest BCUT2D eigenvalue weighted by Crippen LogP contribution is 2.28. The molecule has 1 fully saturated rings. The fourth-order valence-corrected chi connectivity index (χ4v) is 2.73. The third kappa shape index (κ3) is 6.29. The van der Waals surface area contributed by atoms with Crippen molar-refractivity contribution in [3.8, 4) is 0 Å². The fourth-order valence-electron chi connectivity index (χ4n) is 2.73. The lowest BCUT2D eigenvalue weighted by atomic mass is 9.98. The third-order valence-electron chi connectivity index (χ3n) is 3.75. The standard InChI is InChI=1S/C13H24F3N/c1-10(6-5-9-13(14,15)16)17-11(2)12-7-3-4-8-12/h10-12,17H,3-9H2,1-2H3. The average Bonchev–Trinajstić information content (AvgIpc) is 2.67. The van der Waals surface area contributed by atoms with Crippen LogP contribution < -0.4 is 5.32 Å². The van der Waals surface area contributed by atoms with Crippen molar-refractivity contribution in [3.63, 3.8) is 0 Å². The Morgan fingerprint density at radius 1 is 1.18 bits per heavy atom. The molecule has 1 saturated carbocycles. The minimum Gasteiger partial charge on any atom is -0.312 e. The van der Waals surface area contributed by atoms with Crippen molar-refractivity contribution in [2.75, 3.05) is 0 Å². The van der Waals surface area contributed by atoms with E-state index < -0.39 is 12.6 Å². The molecule has 102 valence electrons. The average molecular weight is 251 g/mol. The molecule has 0 amide bonds. The largest absolute Gasteiger partial charge is 0.389 e. The molecule has 0 spiro atoms. The molecule has 0 aromatic heterocycles. The quantitative estimate of drug-likeness (QED) is 0.743. The Balaban J connectivity index is 2.13. The number of rotatable bonds is 6. The molecular formula is C13H24F3N. The molecule has 1 aliphatic rings. The molecule has 0 bridgehead atoms. The number of halogens is 3. The number of nitrogens with one attached hydrogen (secondary N) is 1. The van der Waals surface area contributed by atoms with Gasteiger partial charge in [-0.2, -0.15) is 13.2 Å². The van der Waals surface area contributed by atoms with E-state index in [1.54, 1.807) is 0 Å². The lowest BCUT2D eigenvalue weighted by Crippen LogP contribution is -2.38. The zero-order valence-corrected chi connectivity index (χ0v) is 10.8. The Kier molecular flexibility index (Phi) is 5.77. The Morgan fingerprint density at radius 3 is 2.29 bits per heavy atom. The van der Waals surface area contributed by atoms with Crippen LogP contribution in [-0.2, 0) is 0 Å². The van der Waals surface area contributed by atoms with E-state index >= 15 is 0 Å². The third-order valence-corrected chi connectivity index (χ3v) is 3.75. The van der Waals surface area contributed by atoms with Gasteiger partial charge in [0.1, 0.15) is 0 Å². The summed E-state index contributed by atoms with van der Waals surface area (Å²) in [6.07, 6.45) is 1.32. The Bertz CT molecular complexity index is 209. The summed E-state index contributed by atoms with van der Waals surface area (Å²) in [5.41, 5.74) is 0. The van der Waals surface area contributed by atoms with Gasteiger partial charge in [-0.1, -0.05) is 12.8 Å². The predicted molar refractivity (Wildman–Crippen MR) is 63.9 cm³/mol. The van der Waals surface area contributed by atoms with Gasteiger partial charge in [0.05, 0.1) is 0 Å². The fraction of sp³-hybridized carbons (Fsp3) is 1.00. The first-order chi connectivity index (χ1) is 7.88. The molecule has 1 aliphatic carbocycles. The Morgan fingerprint density at radius 2 is 1.76 bits per heavy atom. The second-order valence-corrected chi connectivity index (χ2v) is 5.41. The van der Waals surface area contributed by atoms with Gasteiger partial charge in [0.2, 0.25) is 0 Å². The topological polar surface area (TPSA) is 12.0 Å². The summed E-state index contributed by atoms with van der Waals surface area (Å²) in [5.74, 6) is 0.722. The summed E-state index contributed by atoms with van der Waals surface area (Å²) < 4.78 is 36.0. The van der Waals surface area contributed by atoms with E-state index in [9.17, 15) is 13.2 Å². The number of hydrogen-bond acceptors (Lipinski definition) is 1. The smallest absolute Gasteiger partial charge is 0.312 e. The van der Waals surface area contributed by atoms with Crippen molar-refractivity contribution in [1.82, 2.24) is 5.32 Å². The maximum atomic E-state index is 12.0. The maximum Gasteiger partial charge on any atom is 0.389 e. The van der Waals surface area contributed by atoms with Crippen molar-refractivity contribution in [2.24, 2.45) is 5.92 Å². The van der Waals surface area contributed by atoms with Gasteiger partial charge in [-0.05, 0) is 45.4 Å². The van der Waals surface area contributed by atoms with Crippen LogP contribution in [0.5, 0.6) is 0 Å². The van der Waals surface area contributed by atoms with Crippen LogP contribution >= 0.6 is 0 Å². The lowest BCUT2D eigenvalue weighted by Gasteiger charge is -2.25. The van der Waals surface area contributed by atoms with Crippen molar-refractivity contribution >= 4 is 0 Å². The second-order valence-electron chi connectivity index (χ2n) is 5.41. The van der Waals surface area contributed by atoms with Crippen LogP contribution in [0.4, 0.5) is 13.2 Å². The molecule has 2 atom stereocenters. The van der Waals surface area contributed by atoms with Crippen LogP contribution in [0.1, 0.15) is 58.8 Å². The summed E-state index contributed by atoms with van der Waals surface area (Å²) in [4.78, 5) is 0. The summed E-state index contributed by atoms with van der Waals surface area (Å²) in [5, 5.41) is 3.44. The SMILES string of the molecule is CC(CCCC(F)(F)F)NC(C)C1CCCC1. The van der Waals surface area contributed by atoms with E-state index in [2.05, 4.69) is 12.2 Å². The second kappa shape index (κ2) is 6.62. The van der Waals surface area contributed by atoms with Gasteiger partial charge < -0.3 is 5.32 Å². The van der Waals surface area contributed by atoms with E-state index in [1.165, 1.54) is 25.7 Å². The molecule has 0 aliphatic heterocycles. The summed E-state index contributed by atoms with van der Waals surface area (Å²) in [6.45, 7) is 4.15. The van der Waals surface area contributed by atoms with E-state index in [0.717, 1.165) is 5.92 Å². The van der Waals surface area contributed by atoms with Gasteiger partial charge in [0.25, 0.3) is 0 Å². The van der Waals surface area contributed by atoms with Crippen LogP contribution in [0.3, 0.4) is 0 Å².